The van der Waals surface area contributed by atoms with Crippen molar-refractivity contribution in [1.82, 2.24) is 0 Å². The van der Waals surface area contributed by atoms with Gasteiger partial charge in [0.2, 0.25) is 0 Å². The van der Waals surface area contributed by atoms with Gasteiger partial charge in [-0.15, -0.1) is 12.8 Å². The minimum atomic E-state index is 0. The van der Waals surface area contributed by atoms with E-state index in [0.717, 1.165) is 0 Å². The average Bonchev–Trinajstić information content (AvgIpc) is 0.748. The SMILES string of the molecule is C#CC#CC#CC#CC#CC#CC#CC#CC#CC#CC#CC#CC#CC#CC#CC#CC#CC#CC#CC#CC#CC#CC#C.[HH].[HH].[HH].[HH].[HH].[HH].[HH].[HH].[HH].[HH].[HH].[HH].[HH].c1cc2ccc3ccc(-c4ccc(-c5ccc(-c6ccc7c8ccccc8c8ccccc8c7c6)cc5)cc4)c4ccc(c1)c2c34. The molecule has 0 bridgehead atoms. The molecule has 0 fully saturated rings. The normalized spacial score (nSPS) is 7.89. The Labute approximate surface area is 557 Å². The van der Waals surface area contributed by atoms with Gasteiger partial charge >= 0.3 is 0 Å². The summed E-state index contributed by atoms with van der Waals surface area (Å²) >= 11 is 0. The maximum Gasteiger partial charge on any atom is 0 e. The van der Waals surface area contributed by atoms with Gasteiger partial charge in [-0.3, -0.25) is 0 Å². The zero-order valence-electron chi connectivity index (χ0n) is 48.3. The molecular weight excluding hydrogens is 1110 g/mol. The van der Waals surface area contributed by atoms with Crippen molar-refractivity contribution in [3.05, 3.63) is 170 Å². The maximum atomic E-state index is 4.93. The number of hydrogen-bond donors (Lipinski definition) is 0. The van der Waals surface area contributed by atoms with Crippen LogP contribution in [0.5, 0.6) is 0 Å². The summed E-state index contributed by atoms with van der Waals surface area (Å²) in [7, 11) is 0. The van der Waals surface area contributed by atoms with Crippen molar-refractivity contribution in [3.8, 4) is 307 Å². The summed E-state index contributed by atoms with van der Waals surface area (Å²) < 4.78 is 0. The Morgan fingerprint density at radius 2 is 0.413 bits per heavy atom. The van der Waals surface area contributed by atoms with Crippen LogP contribution in [-0.2, 0) is 0 Å². The molecule has 0 aliphatic rings. The minimum absolute atomic E-state index is 0. The predicted octanol–water partition coefficient (Wildman–Crippen LogP) is 16.6. The zero-order chi connectivity index (χ0) is 63.3. The molecule has 0 radical (unpaired) electrons. The van der Waals surface area contributed by atoms with Gasteiger partial charge in [0.05, 0.1) is 0 Å². The Morgan fingerprint density at radius 3 is 0.750 bits per heavy atom. The topological polar surface area (TPSA) is 0 Å². The summed E-state index contributed by atoms with van der Waals surface area (Å²) in [5.74, 6) is 108. The summed E-state index contributed by atoms with van der Waals surface area (Å²) in [5.41, 5.74) is 7.45. The highest BCUT2D eigenvalue weighted by Crippen LogP contribution is 2.41. The number of terminal acetylenes is 2. The molecule has 0 unspecified atom stereocenters. The molecule has 0 spiro atoms. The van der Waals surface area contributed by atoms with E-state index >= 15 is 0 Å². The van der Waals surface area contributed by atoms with Crippen molar-refractivity contribution in [2.75, 3.05) is 0 Å². The number of fused-ring (bicyclic) bond motifs is 6. The molecule has 0 nitrogen and oxygen atoms in total. The molecule has 0 aliphatic heterocycles. The van der Waals surface area contributed by atoms with Crippen LogP contribution in [0.3, 0.4) is 0 Å². The van der Waals surface area contributed by atoms with E-state index in [1.54, 1.807) is 0 Å². The molecule has 10 aromatic rings. The molecule has 92 heavy (non-hydrogen) atoms. The molecule has 0 aromatic heterocycles. The molecular formula is C92H56. The first-order valence-corrected chi connectivity index (χ1v) is 27.3. The Kier molecular flexibility index (Phi) is 22.3. The summed E-state index contributed by atoms with van der Waals surface area (Å²) in [4.78, 5) is 0. The maximum absolute atomic E-state index is 4.93. The van der Waals surface area contributed by atoms with Crippen LogP contribution in [0.1, 0.15) is 18.5 Å². The van der Waals surface area contributed by atoms with Gasteiger partial charge in [-0.2, -0.15) is 0 Å². The quantitative estimate of drug-likeness (QED) is 0.122. The summed E-state index contributed by atoms with van der Waals surface area (Å²) in [6.45, 7) is 0. The second kappa shape index (κ2) is 33.9. The standard InChI is InChI=1S/C46H28.C46H2.13H2/c1-2-10-40-38(8-1)39-9-3-4-11-41(39)44-28-36(24-26-42(40)44)31-14-12-29(13-15-31)30-16-18-32(19-17-30)37-25-22-35-21-20-33-6-5-7-34-23-27-43(37)46(35)45(33)34;1-3-5-7-9-11-13-15-17-19-21-23-25-27-29-31-33-35-37-39-41-43-45-46-44-42-40-38-36-34-32-30-28-26-24-22-20-18-16-14-12-10-8-6-4-2;;;;;;;;;;;;;/h1-28H;1-2H;13*1H. The first kappa shape index (κ1) is 60.5. The molecule has 10 aromatic carbocycles. The fourth-order valence-corrected chi connectivity index (χ4v) is 9.09. The van der Waals surface area contributed by atoms with Crippen LogP contribution in [-0.4, -0.2) is 0 Å². The highest BCUT2D eigenvalue weighted by molar-refractivity contribution is 6.27. The molecule has 424 valence electrons. The van der Waals surface area contributed by atoms with Crippen LogP contribution in [0, 0.1) is 273 Å². The van der Waals surface area contributed by atoms with Crippen LogP contribution in [0.4, 0.5) is 0 Å². The highest BCUT2D eigenvalue weighted by atomic mass is 14.2. The third-order valence-electron chi connectivity index (χ3n) is 12.7. The van der Waals surface area contributed by atoms with E-state index < -0.39 is 0 Å². The lowest BCUT2D eigenvalue weighted by Gasteiger charge is -2.14. The van der Waals surface area contributed by atoms with Crippen LogP contribution in [0.25, 0.3) is 98.0 Å². The van der Waals surface area contributed by atoms with Crippen molar-refractivity contribution < 1.29 is 18.5 Å². The smallest absolute Gasteiger partial charge is 0 e. The molecule has 0 atom stereocenters. The first-order valence-electron chi connectivity index (χ1n) is 27.3. The first-order chi connectivity index (χ1) is 45.7. The van der Waals surface area contributed by atoms with Gasteiger partial charge in [-0.1, -0.05) is 164 Å². The van der Waals surface area contributed by atoms with Crippen molar-refractivity contribution >= 4 is 64.6 Å². The number of benzene rings is 10. The number of rotatable bonds is 3. The molecule has 0 N–H and O–H groups in total. The third kappa shape index (κ3) is 17.2. The van der Waals surface area contributed by atoms with Crippen molar-refractivity contribution in [1.29, 1.82) is 0 Å². The van der Waals surface area contributed by atoms with E-state index in [1.807, 2.05) is 0 Å². The average molecular weight is 1160 g/mol. The lowest BCUT2D eigenvalue weighted by molar-refractivity contribution is 1.59. The lowest BCUT2D eigenvalue weighted by Crippen LogP contribution is -1.87. The molecule has 0 heterocycles. The van der Waals surface area contributed by atoms with Gasteiger partial charge in [-0.25, -0.2) is 0 Å². The Morgan fingerprint density at radius 1 is 0.174 bits per heavy atom. The minimum Gasteiger partial charge on any atom is -0.106 e. The zero-order valence-corrected chi connectivity index (χ0v) is 48.3. The monoisotopic (exact) mass is 1160 g/mol. The van der Waals surface area contributed by atoms with Crippen LogP contribution in [0.2, 0.25) is 0 Å². The summed E-state index contributed by atoms with van der Waals surface area (Å²) in [6.07, 6.45) is 9.87. The van der Waals surface area contributed by atoms with Gasteiger partial charge in [0.15, 0.2) is 0 Å². The van der Waals surface area contributed by atoms with Crippen molar-refractivity contribution in [3.63, 3.8) is 0 Å². The Bertz CT molecular complexity index is 6120. The van der Waals surface area contributed by atoms with Crippen molar-refractivity contribution in [2.24, 2.45) is 0 Å². The van der Waals surface area contributed by atoms with E-state index in [1.165, 1.54) is 98.0 Å². The lowest BCUT2D eigenvalue weighted by atomic mass is 9.89. The van der Waals surface area contributed by atoms with Crippen molar-refractivity contribution in [2.45, 2.75) is 0 Å². The van der Waals surface area contributed by atoms with Gasteiger partial charge in [0, 0.05) is 184 Å². The second-order valence-electron chi connectivity index (χ2n) is 18.0. The van der Waals surface area contributed by atoms with E-state index in [9.17, 15) is 0 Å². The van der Waals surface area contributed by atoms with E-state index in [0.29, 0.717) is 0 Å². The largest absolute Gasteiger partial charge is 0.106 e. The molecule has 10 rings (SSSR count). The molecule has 0 saturated carbocycles. The third-order valence-corrected chi connectivity index (χ3v) is 12.7. The van der Waals surface area contributed by atoms with Gasteiger partial charge < -0.3 is 0 Å². The Hall–Kier alpha value is -16.1. The fourth-order valence-electron chi connectivity index (χ4n) is 9.09. The van der Waals surface area contributed by atoms with Gasteiger partial charge in [0.1, 0.15) is 0 Å². The summed E-state index contributed by atoms with van der Waals surface area (Å²) in [6, 6.07) is 62.8. The second-order valence-corrected chi connectivity index (χ2v) is 18.0. The van der Waals surface area contributed by atoms with E-state index in [2.05, 4.69) is 430 Å². The molecule has 0 amide bonds. The molecule has 0 saturated heterocycles. The van der Waals surface area contributed by atoms with Crippen LogP contribution >= 0.6 is 0 Å². The number of hydrogen-bond acceptors (Lipinski definition) is 0. The summed E-state index contributed by atoms with van der Waals surface area (Å²) in [5, 5.41) is 15.8. The van der Waals surface area contributed by atoms with Gasteiger partial charge in [-0.05, 0) is 199 Å². The van der Waals surface area contributed by atoms with Crippen LogP contribution in [0.15, 0.2) is 170 Å². The van der Waals surface area contributed by atoms with E-state index in [4.69, 9.17) is 12.8 Å². The van der Waals surface area contributed by atoms with Crippen LogP contribution < -0.4 is 0 Å². The molecule has 0 aliphatic carbocycles. The fraction of sp³-hybridized carbons (Fsp3) is 0. The van der Waals surface area contributed by atoms with Gasteiger partial charge in [0.25, 0.3) is 0 Å². The highest BCUT2D eigenvalue weighted by Gasteiger charge is 2.13. The van der Waals surface area contributed by atoms with E-state index in [-0.39, 0.29) is 18.5 Å². The predicted molar refractivity (Wildman–Crippen MR) is 407 cm³/mol. The Balaban J connectivity index is -0.000000565. The molecule has 0 heteroatoms.